The Bertz CT molecular complexity index is 861. The SMILES string of the molecule is NC(=O)c1c[n]([Al])c2nc(N3C[C@@H](O)[C@H](O)C3)c(Br)cc2c1=O. The second-order valence-electron chi connectivity index (χ2n) is 5.35. The fourth-order valence-electron chi connectivity index (χ4n) is 2.58. The van der Waals surface area contributed by atoms with E-state index in [1.54, 1.807) is 11.0 Å². The summed E-state index contributed by atoms with van der Waals surface area (Å²) in [6.07, 6.45) is -0.389. The number of fused-ring (bicyclic) bond motifs is 1. The Labute approximate surface area is 147 Å². The Balaban J connectivity index is 2.20. The molecule has 0 unspecified atom stereocenters. The first-order valence-electron chi connectivity index (χ1n) is 6.71. The standard InChI is InChI=1S/C13H13BrN4O4.Al/c14-7-1-5-10(21)6(11(15)22)2-16-12(5)17-13(7)18-3-8(19)9(20)4-18;/h1-2,8-9,19-20H,3-4H2,(H3,15,16,17,21,22);/q;+1/p-1/t8-,9-;/m1./s1. The van der Waals surface area contributed by atoms with Gasteiger partial charge in [0, 0.05) is 13.1 Å². The number of carbonyl (C=O) groups is 1. The molecular formula is C13H12AlBrN4O4. The molecule has 0 aromatic carbocycles. The Morgan fingerprint density at radius 1 is 1.39 bits per heavy atom. The maximum absolute atomic E-state index is 12.3. The van der Waals surface area contributed by atoms with Crippen molar-refractivity contribution < 1.29 is 15.0 Å². The lowest BCUT2D eigenvalue weighted by Crippen LogP contribution is -2.26. The highest BCUT2D eigenvalue weighted by Crippen LogP contribution is 2.29. The molecular weight excluding hydrogens is 383 g/mol. The van der Waals surface area contributed by atoms with E-state index < -0.39 is 23.5 Å². The van der Waals surface area contributed by atoms with Gasteiger partial charge in [-0.05, 0) is 28.2 Å². The van der Waals surface area contributed by atoms with Crippen LogP contribution in [-0.2, 0) is 0 Å². The van der Waals surface area contributed by atoms with Crippen LogP contribution in [0.1, 0.15) is 10.4 Å². The van der Waals surface area contributed by atoms with Crippen molar-refractivity contribution in [3.8, 4) is 0 Å². The number of primary amides is 1. The number of nitrogens with two attached hydrogens (primary N) is 1. The summed E-state index contributed by atoms with van der Waals surface area (Å²) in [7, 11) is 0. The van der Waals surface area contributed by atoms with Crippen LogP contribution >= 0.6 is 15.9 Å². The molecule has 2 aromatic heterocycles. The van der Waals surface area contributed by atoms with Gasteiger partial charge in [0.2, 0.25) is 5.43 Å². The third kappa shape index (κ3) is 2.77. The van der Waals surface area contributed by atoms with Gasteiger partial charge < -0.3 is 24.4 Å². The van der Waals surface area contributed by atoms with Crippen molar-refractivity contribution in [2.45, 2.75) is 12.2 Å². The van der Waals surface area contributed by atoms with Gasteiger partial charge in [-0.15, -0.1) is 0 Å². The highest BCUT2D eigenvalue weighted by Gasteiger charge is 2.31. The largest absolute Gasteiger partial charge is 0.442 e. The highest BCUT2D eigenvalue weighted by atomic mass is 79.9. The summed E-state index contributed by atoms with van der Waals surface area (Å²) >= 11 is 5.70. The number of β-amino-alcohol motifs (C(OH)–C–C–N with tert-alkyl or cyclic N) is 2. The summed E-state index contributed by atoms with van der Waals surface area (Å²) in [5.41, 5.74) is 4.94. The first kappa shape index (κ1) is 16.4. The van der Waals surface area contributed by atoms with Crippen LogP contribution in [0.25, 0.3) is 11.0 Å². The molecule has 1 fully saturated rings. The van der Waals surface area contributed by atoms with Gasteiger partial charge >= 0.3 is 16.5 Å². The van der Waals surface area contributed by atoms with E-state index in [1.807, 2.05) is 0 Å². The Morgan fingerprint density at radius 3 is 2.57 bits per heavy atom. The number of aliphatic hydroxyl groups is 2. The fourth-order valence-corrected chi connectivity index (χ4v) is 3.49. The lowest BCUT2D eigenvalue weighted by molar-refractivity contribution is 0.0572. The number of nitrogens with zero attached hydrogens (tertiary/aromatic N) is 3. The normalized spacial score (nSPS) is 21.1. The number of anilines is 1. The molecule has 1 aliphatic rings. The van der Waals surface area contributed by atoms with E-state index in [0.717, 1.165) is 0 Å². The molecule has 1 saturated heterocycles. The van der Waals surface area contributed by atoms with Gasteiger partial charge in [0.05, 0.1) is 22.1 Å². The predicted octanol–water partition coefficient (Wildman–Crippen LogP) is -1.27. The Morgan fingerprint density at radius 2 is 2.00 bits per heavy atom. The maximum Gasteiger partial charge on any atom is 0.319 e. The number of halogens is 1. The summed E-state index contributed by atoms with van der Waals surface area (Å²) in [6, 6.07) is 1.56. The molecule has 0 saturated carbocycles. The van der Waals surface area contributed by atoms with Crippen LogP contribution in [0, 0.1) is 0 Å². The van der Waals surface area contributed by atoms with E-state index in [-0.39, 0.29) is 24.0 Å². The van der Waals surface area contributed by atoms with E-state index in [1.165, 1.54) is 9.75 Å². The molecule has 0 bridgehead atoms. The van der Waals surface area contributed by atoms with Crippen molar-refractivity contribution in [3.05, 3.63) is 32.5 Å². The minimum absolute atomic E-state index is 0.124. The minimum atomic E-state index is -0.852. The minimum Gasteiger partial charge on any atom is -0.442 e. The number of pyridine rings is 2. The molecule has 23 heavy (non-hydrogen) atoms. The zero-order valence-electron chi connectivity index (χ0n) is 11.8. The zero-order chi connectivity index (χ0) is 16.9. The molecule has 0 aliphatic carbocycles. The summed E-state index contributed by atoms with van der Waals surface area (Å²) in [6.45, 7) is 0.470. The smallest absolute Gasteiger partial charge is 0.319 e. The zero-order valence-corrected chi connectivity index (χ0v) is 14.5. The molecule has 10 heteroatoms. The number of rotatable bonds is 2. The highest BCUT2D eigenvalue weighted by molar-refractivity contribution is 9.10. The van der Waals surface area contributed by atoms with Gasteiger partial charge in [-0.2, -0.15) is 0 Å². The Hall–Kier alpha value is -1.44. The molecule has 2 aromatic rings. The fraction of sp³-hybridized carbons (Fsp3) is 0.308. The van der Waals surface area contributed by atoms with Gasteiger partial charge in [-0.3, -0.25) is 9.59 Å². The monoisotopic (exact) mass is 394 g/mol. The van der Waals surface area contributed by atoms with Gasteiger partial charge in [0.25, 0.3) is 5.91 Å². The molecule has 8 nitrogen and oxygen atoms in total. The molecule has 3 heterocycles. The van der Waals surface area contributed by atoms with Crippen molar-refractivity contribution in [2.24, 2.45) is 5.73 Å². The molecule has 1 amide bonds. The van der Waals surface area contributed by atoms with Crippen LogP contribution in [0.5, 0.6) is 0 Å². The number of amides is 1. The summed E-state index contributed by atoms with van der Waals surface area (Å²) in [4.78, 5) is 29.8. The lowest BCUT2D eigenvalue weighted by Gasteiger charge is -2.19. The molecule has 2 radical (unpaired) electrons. The third-order valence-corrected chi connectivity index (χ3v) is 4.74. The van der Waals surface area contributed by atoms with Crippen molar-refractivity contribution in [3.63, 3.8) is 0 Å². The number of hydrogen-bond acceptors (Lipinski definition) is 6. The van der Waals surface area contributed by atoms with Gasteiger partial charge in [-0.25, -0.2) is 4.98 Å². The van der Waals surface area contributed by atoms with E-state index >= 15 is 0 Å². The van der Waals surface area contributed by atoms with Crippen LogP contribution in [0.2, 0.25) is 0 Å². The molecule has 2 atom stereocenters. The predicted molar refractivity (Wildman–Crippen MR) is 87.6 cm³/mol. The Kier molecular flexibility index (Phi) is 4.20. The van der Waals surface area contributed by atoms with Gasteiger partial charge in [-0.1, -0.05) is 0 Å². The van der Waals surface area contributed by atoms with Crippen LogP contribution < -0.4 is 16.1 Å². The van der Waals surface area contributed by atoms with Crippen LogP contribution in [0.15, 0.2) is 21.5 Å². The first-order chi connectivity index (χ1) is 10.8. The number of hydrogen-bond donors (Lipinski definition) is 3. The second-order valence-corrected chi connectivity index (χ2v) is 6.76. The van der Waals surface area contributed by atoms with E-state index in [4.69, 9.17) is 5.73 Å². The number of aromatic nitrogens is 2. The number of carbonyl (C=O) groups excluding carboxylic acids is 1. The molecule has 118 valence electrons. The quantitative estimate of drug-likeness (QED) is 0.546. The molecule has 0 spiro atoms. The van der Waals surface area contributed by atoms with Gasteiger partial charge in [0.1, 0.15) is 17.0 Å². The van der Waals surface area contributed by atoms with Crippen LogP contribution in [0.3, 0.4) is 0 Å². The summed E-state index contributed by atoms with van der Waals surface area (Å²) in [5, 5.41) is 19.6. The van der Waals surface area contributed by atoms with Crippen molar-refractivity contribution in [1.82, 2.24) is 8.53 Å². The first-order valence-corrected chi connectivity index (χ1v) is 8.02. The summed E-state index contributed by atoms with van der Waals surface area (Å²) in [5.74, 6) is -0.311. The van der Waals surface area contributed by atoms with E-state index in [0.29, 0.717) is 15.9 Å². The molecule has 3 rings (SSSR count). The lowest BCUT2D eigenvalue weighted by atomic mass is 10.2. The van der Waals surface area contributed by atoms with Crippen molar-refractivity contribution in [2.75, 3.05) is 18.0 Å². The van der Waals surface area contributed by atoms with E-state index in [2.05, 4.69) is 37.4 Å². The molecule has 1 aliphatic heterocycles. The second kappa shape index (κ2) is 5.89. The topological polar surface area (TPSA) is 122 Å². The van der Waals surface area contributed by atoms with Crippen LogP contribution in [-0.4, -0.2) is 66.5 Å². The van der Waals surface area contributed by atoms with Crippen molar-refractivity contribution in [1.29, 1.82) is 0 Å². The average Bonchev–Trinajstić information content (AvgIpc) is 2.81. The third-order valence-electron chi connectivity index (χ3n) is 3.76. The molecule has 4 N–H and O–H groups in total. The average molecular weight is 395 g/mol. The van der Waals surface area contributed by atoms with Crippen molar-refractivity contribution >= 4 is 55.2 Å². The maximum atomic E-state index is 12.3. The number of aliphatic hydroxyl groups excluding tert-OH is 2. The van der Waals surface area contributed by atoms with Gasteiger partial charge in [0.15, 0.2) is 0 Å². The summed E-state index contributed by atoms with van der Waals surface area (Å²) < 4.78 is 1.99. The van der Waals surface area contributed by atoms with Crippen LogP contribution in [0.4, 0.5) is 5.82 Å². The van der Waals surface area contributed by atoms with E-state index in [9.17, 15) is 19.8 Å².